The highest BCUT2D eigenvalue weighted by Crippen LogP contribution is 2.33. The fourth-order valence-electron chi connectivity index (χ4n) is 2.37. The minimum absolute atomic E-state index is 0.379. The summed E-state index contributed by atoms with van der Waals surface area (Å²) in [5, 5.41) is 0. The maximum Gasteiger partial charge on any atom is 0.115 e. The summed E-state index contributed by atoms with van der Waals surface area (Å²) < 4.78 is 6.08. The zero-order valence-corrected chi connectivity index (χ0v) is 12.2. The number of ether oxygens (including phenoxy) is 1. The van der Waals surface area contributed by atoms with E-state index in [1.807, 2.05) is 6.92 Å². The van der Waals surface area contributed by atoms with Crippen LogP contribution in [0.4, 0.5) is 0 Å². The maximum absolute atomic E-state index is 6.08. The van der Waals surface area contributed by atoms with Gasteiger partial charge in [-0.2, -0.15) is 0 Å². The highest BCUT2D eigenvalue weighted by molar-refractivity contribution is 5.37. The van der Waals surface area contributed by atoms with Crippen LogP contribution in [0.5, 0.6) is 0 Å². The van der Waals surface area contributed by atoms with Gasteiger partial charge in [-0.3, -0.25) is 0 Å². The Labute approximate surface area is 116 Å². The van der Waals surface area contributed by atoms with Gasteiger partial charge in [-0.15, -0.1) is 0 Å². The van der Waals surface area contributed by atoms with Crippen LogP contribution in [0.25, 0.3) is 0 Å². The van der Waals surface area contributed by atoms with Gasteiger partial charge in [0, 0.05) is 6.61 Å². The Hall–Kier alpha value is -1.60. The summed E-state index contributed by atoms with van der Waals surface area (Å²) in [6.07, 6.45) is 0. The zero-order valence-electron chi connectivity index (χ0n) is 12.2. The molecule has 19 heavy (non-hydrogen) atoms. The van der Waals surface area contributed by atoms with E-state index in [0.717, 1.165) is 0 Å². The van der Waals surface area contributed by atoms with Crippen molar-refractivity contribution in [2.24, 2.45) is 0 Å². The summed E-state index contributed by atoms with van der Waals surface area (Å²) >= 11 is 0. The molecule has 0 aliphatic carbocycles. The smallest absolute Gasteiger partial charge is 0.115 e. The van der Waals surface area contributed by atoms with Crippen LogP contribution < -0.4 is 0 Å². The monoisotopic (exact) mass is 254 g/mol. The molecule has 0 bridgehead atoms. The number of hydrogen-bond donors (Lipinski definition) is 0. The summed E-state index contributed by atoms with van der Waals surface area (Å²) in [6.45, 7) is 9.09. The van der Waals surface area contributed by atoms with E-state index in [2.05, 4.69) is 69.3 Å². The topological polar surface area (TPSA) is 9.23 Å². The van der Waals surface area contributed by atoms with Crippen molar-refractivity contribution in [3.63, 3.8) is 0 Å². The normalized spacial score (nSPS) is 11.6. The molecule has 2 rings (SSSR count). The number of benzene rings is 2. The lowest BCUT2D eigenvalue weighted by molar-refractivity contribution is 0.00403. The van der Waals surface area contributed by atoms with Crippen LogP contribution in [0.2, 0.25) is 0 Å². The Kier molecular flexibility index (Phi) is 4.06. The minimum atomic E-state index is -0.379. The van der Waals surface area contributed by atoms with Crippen LogP contribution >= 0.6 is 0 Å². The predicted molar refractivity (Wildman–Crippen MR) is 80.4 cm³/mol. The number of rotatable bonds is 4. The van der Waals surface area contributed by atoms with Gasteiger partial charge in [-0.1, -0.05) is 59.7 Å². The molecule has 0 amide bonds. The van der Waals surface area contributed by atoms with E-state index in [4.69, 9.17) is 4.74 Å². The van der Waals surface area contributed by atoms with Crippen molar-refractivity contribution in [2.75, 3.05) is 6.61 Å². The van der Waals surface area contributed by atoms with Gasteiger partial charge in [-0.05, 0) is 38.8 Å². The van der Waals surface area contributed by atoms with Gasteiger partial charge in [0.1, 0.15) is 5.60 Å². The Morgan fingerprint density at radius 3 is 1.47 bits per heavy atom. The van der Waals surface area contributed by atoms with Crippen LogP contribution in [-0.2, 0) is 10.3 Å². The Bertz CT molecular complexity index is 477. The fraction of sp³-hybridized carbons (Fsp3) is 0.333. The van der Waals surface area contributed by atoms with Gasteiger partial charge in [0.25, 0.3) is 0 Å². The summed E-state index contributed by atoms with van der Waals surface area (Å²) in [5.74, 6) is 0. The SMILES string of the molecule is CCOC(C)(c1ccc(C)cc1)c1ccc(C)cc1. The van der Waals surface area contributed by atoms with E-state index in [1.54, 1.807) is 0 Å². The van der Waals surface area contributed by atoms with E-state index >= 15 is 0 Å². The summed E-state index contributed by atoms with van der Waals surface area (Å²) in [7, 11) is 0. The third-order valence-corrected chi connectivity index (χ3v) is 3.64. The van der Waals surface area contributed by atoms with Crippen LogP contribution in [0.15, 0.2) is 48.5 Å². The second-order valence-corrected chi connectivity index (χ2v) is 5.20. The zero-order chi connectivity index (χ0) is 13.9. The quantitative estimate of drug-likeness (QED) is 0.774. The Balaban J connectivity index is 2.47. The lowest BCUT2D eigenvalue weighted by Crippen LogP contribution is -2.27. The molecule has 0 fully saturated rings. The van der Waals surface area contributed by atoms with Crippen molar-refractivity contribution < 1.29 is 4.74 Å². The average Bonchev–Trinajstić information content (AvgIpc) is 2.40. The highest BCUT2D eigenvalue weighted by Gasteiger charge is 2.29. The van der Waals surface area contributed by atoms with Crippen LogP contribution in [-0.4, -0.2) is 6.61 Å². The molecule has 0 heterocycles. The van der Waals surface area contributed by atoms with Crippen LogP contribution in [0, 0.1) is 13.8 Å². The lowest BCUT2D eigenvalue weighted by atomic mass is 9.87. The van der Waals surface area contributed by atoms with Gasteiger partial charge in [0.2, 0.25) is 0 Å². The largest absolute Gasteiger partial charge is 0.366 e. The lowest BCUT2D eigenvalue weighted by Gasteiger charge is -2.31. The predicted octanol–water partition coefficient (Wildman–Crippen LogP) is 4.60. The molecule has 0 saturated heterocycles. The molecule has 100 valence electrons. The summed E-state index contributed by atoms with van der Waals surface area (Å²) in [5.41, 5.74) is 4.56. The first-order valence-corrected chi connectivity index (χ1v) is 6.84. The molecule has 0 radical (unpaired) electrons. The average molecular weight is 254 g/mol. The maximum atomic E-state index is 6.08. The van der Waals surface area contributed by atoms with Crippen molar-refractivity contribution in [3.8, 4) is 0 Å². The van der Waals surface area contributed by atoms with Crippen molar-refractivity contribution in [1.29, 1.82) is 0 Å². The van der Waals surface area contributed by atoms with Crippen LogP contribution in [0.3, 0.4) is 0 Å². The molecule has 0 atom stereocenters. The minimum Gasteiger partial charge on any atom is -0.366 e. The first-order chi connectivity index (χ1) is 9.06. The number of hydrogen-bond acceptors (Lipinski definition) is 1. The molecule has 1 heteroatoms. The molecule has 0 aliphatic rings. The molecule has 0 unspecified atom stereocenters. The van der Waals surface area contributed by atoms with Gasteiger partial charge < -0.3 is 4.74 Å². The second-order valence-electron chi connectivity index (χ2n) is 5.20. The Morgan fingerprint density at radius 1 is 0.789 bits per heavy atom. The van der Waals surface area contributed by atoms with Gasteiger partial charge >= 0.3 is 0 Å². The molecule has 0 aromatic heterocycles. The molecule has 0 saturated carbocycles. The molecule has 1 nitrogen and oxygen atoms in total. The van der Waals surface area contributed by atoms with Crippen molar-refractivity contribution in [3.05, 3.63) is 70.8 Å². The summed E-state index contributed by atoms with van der Waals surface area (Å²) in [4.78, 5) is 0. The molecule has 0 N–H and O–H groups in total. The highest BCUT2D eigenvalue weighted by atomic mass is 16.5. The van der Waals surface area contributed by atoms with Gasteiger partial charge in [-0.25, -0.2) is 0 Å². The Morgan fingerprint density at radius 2 is 1.16 bits per heavy atom. The van der Waals surface area contributed by atoms with E-state index in [1.165, 1.54) is 22.3 Å². The molecular formula is C18H22O. The molecule has 2 aromatic rings. The molecular weight excluding hydrogens is 232 g/mol. The molecule has 0 spiro atoms. The van der Waals surface area contributed by atoms with E-state index in [-0.39, 0.29) is 5.60 Å². The van der Waals surface area contributed by atoms with Crippen molar-refractivity contribution >= 4 is 0 Å². The fourth-order valence-corrected chi connectivity index (χ4v) is 2.37. The standard InChI is InChI=1S/C18H22O/c1-5-19-18(4,16-10-6-14(2)7-11-16)17-12-8-15(3)9-13-17/h6-13H,5H2,1-4H3. The van der Waals surface area contributed by atoms with Crippen molar-refractivity contribution in [2.45, 2.75) is 33.3 Å². The van der Waals surface area contributed by atoms with Gasteiger partial charge in [0.15, 0.2) is 0 Å². The summed E-state index contributed by atoms with van der Waals surface area (Å²) in [6, 6.07) is 17.2. The second kappa shape index (κ2) is 5.58. The molecule has 2 aromatic carbocycles. The first kappa shape index (κ1) is 13.8. The van der Waals surface area contributed by atoms with E-state index < -0.39 is 0 Å². The van der Waals surface area contributed by atoms with Crippen molar-refractivity contribution in [1.82, 2.24) is 0 Å². The number of aryl methyl sites for hydroxylation is 2. The van der Waals surface area contributed by atoms with E-state index in [0.29, 0.717) is 6.61 Å². The molecule has 0 aliphatic heterocycles. The first-order valence-electron chi connectivity index (χ1n) is 6.84. The third-order valence-electron chi connectivity index (χ3n) is 3.64. The van der Waals surface area contributed by atoms with Crippen LogP contribution in [0.1, 0.15) is 36.1 Å². The van der Waals surface area contributed by atoms with Gasteiger partial charge in [0.05, 0.1) is 0 Å². The van der Waals surface area contributed by atoms with E-state index in [9.17, 15) is 0 Å². The third kappa shape index (κ3) is 2.87.